The van der Waals surface area contributed by atoms with Crippen molar-refractivity contribution in [3.8, 4) is 11.8 Å². The molecule has 2 N–H and O–H groups in total. The Bertz CT molecular complexity index is 426. The number of rotatable bonds is 3. The van der Waals surface area contributed by atoms with Crippen molar-refractivity contribution in [2.45, 2.75) is 13.0 Å². The summed E-state index contributed by atoms with van der Waals surface area (Å²) < 4.78 is 18.1. The lowest BCUT2D eigenvalue weighted by Crippen LogP contribution is -2.30. The molecule has 0 saturated carbocycles. The highest BCUT2D eigenvalue weighted by atomic mass is 19.1. The van der Waals surface area contributed by atoms with Crippen LogP contribution in [-0.2, 0) is 4.79 Å². The van der Waals surface area contributed by atoms with Crippen LogP contribution in [0.3, 0.4) is 0 Å². The van der Waals surface area contributed by atoms with Crippen molar-refractivity contribution < 1.29 is 13.9 Å². The smallest absolute Gasteiger partial charge is 0.258 e. The fourth-order valence-electron chi connectivity index (χ4n) is 0.960. The van der Waals surface area contributed by atoms with E-state index in [0.29, 0.717) is 0 Å². The summed E-state index contributed by atoms with van der Waals surface area (Å²) in [6, 6.07) is 5.59. The Hall–Kier alpha value is -2.09. The van der Waals surface area contributed by atoms with Gasteiger partial charge < -0.3 is 10.5 Å². The first-order chi connectivity index (χ1) is 7.06. The van der Waals surface area contributed by atoms with Crippen molar-refractivity contribution >= 4 is 5.91 Å². The number of halogens is 1. The second-order valence-electron chi connectivity index (χ2n) is 2.89. The molecule has 0 radical (unpaired) electrons. The predicted molar refractivity (Wildman–Crippen MR) is 50.4 cm³/mol. The van der Waals surface area contributed by atoms with E-state index in [9.17, 15) is 9.18 Å². The fraction of sp³-hybridized carbons (Fsp3) is 0.200. The number of nitriles is 1. The molecule has 0 heterocycles. The highest BCUT2D eigenvalue weighted by Gasteiger charge is 2.15. The molecule has 1 rings (SSSR count). The largest absolute Gasteiger partial charge is 0.479 e. The van der Waals surface area contributed by atoms with E-state index in [1.807, 2.05) is 0 Å². The van der Waals surface area contributed by atoms with Gasteiger partial charge in [0.25, 0.3) is 5.91 Å². The van der Waals surface area contributed by atoms with Crippen molar-refractivity contribution in [2.75, 3.05) is 0 Å². The van der Waals surface area contributed by atoms with E-state index < -0.39 is 17.8 Å². The van der Waals surface area contributed by atoms with Crippen molar-refractivity contribution in [1.29, 1.82) is 5.26 Å². The van der Waals surface area contributed by atoms with E-state index in [4.69, 9.17) is 15.7 Å². The second-order valence-corrected chi connectivity index (χ2v) is 2.89. The maximum absolute atomic E-state index is 13.1. The number of primary amides is 1. The van der Waals surface area contributed by atoms with Crippen LogP contribution in [0.2, 0.25) is 0 Å². The van der Waals surface area contributed by atoms with Gasteiger partial charge in [0, 0.05) is 0 Å². The quantitative estimate of drug-likeness (QED) is 0.803. The number of carbonyl (C=O) groups is 1. The third kappa shape index (κ3) is 2.44. The summed E-state index contributed by atoms with van der Waals surface area (Å²) in [5.41, 5.74) is 4.74. The molecule has 0 aliphatic rings. The number of carbonyl (C=O) groups excluding carboxylic acids is 1. The molecule has 0 aromatic heterocycles. The standard InChI is InChI=1S/C10H9FN2O2/c1-6(10(13)14)15-9-4-2-3-8(11)7(9)5-12/h2-4,6H,1H3,(H2,13,14). The van der Waals surface area contributed by atoms with Gasteiger partial charge in [0.15, 0.2) is 6.10 Å². The normalized spacial score (nSPS) is 11.5. The molecule has 1 amide bonds. The van der Waals surface area contributed by atoms with Crippen molar-refractivity contribution in [3.63, 3.8) is 0 Å². The molecule has 0 fully saturated rings. The van der Waals surface area contributed by atoms with Gasteiger partial charge in [-0.05, 0) is 19.1 Å². The fourth-order valence-corrected chi connectivity index (χ4v) is 0.960. The average Bonchev–Trinajstić information content (AvgIpc) is 2.18. The van der Waals surface area contributed by atoms with Gasteiger partial charge in [-0.25, -0.2) is 4.39 Å². The Morgan fingerprint density at radius 2 is 2.33 bits per heavy atom. The summed E-state index contributed by atoms with van der Waals surface area (Å²) in [7, 11) is 0. The number of nitrogens with two attached hydrogens (primary N) is 1. The molecule has 78 valence electrons. The summed E-state index contributed by atoms with van der Waals surface area (Å²) in [4.78, 5) is 10.7. The molecule has 5 heteroatoms. The van der Waals surface area contributed by atoms with Gasteiger partial charge in [-0.3, -0.25) is 4.79 Å². The number of hydrogen-bond acceptors (Lipinski definition) is 3. The lowest BCUT2D eigenvalue weighted by molar-refractivity contribution is -0.123. The monoisotopic (exact) mass is 208 g/mol. The Morgan fingerprint density at radius 3 is 2.87 bits per heavy atom. The van der Waals surface area contributed by atoms with E-state index in [0.717, 1.165) is 6.07 Å². The van der Waals surface area contributed by atoms with Crippen molar-refractivity contribution in [1.82, 2.24) is 0 Å². The van der Waals surface area contributed by atoms with Crippen molar-refractivity contribution in [2.24, 2.45) is 5.73 Å². The first kappa shape index (κ1) is 11.0. The van der Waals surface area contributed by atoms with Crippen LogP contribution in [0.5, 0.6) is 5.75 Å². The summed E-state index contributed by atoms with van der Waals surface area (Å²) in [5, 5.41) is 8.66. The highest BCUT2D eigenvalue weighted by molar-refractivity contribution is 5.78. The van der Waals surface area contributed by atoms with E-state index >= 15 is 0 Å². The van der Waals surface area contributed by atoms with Crippen LogP contribution in [0.25, 0.3) is 0 Å². The van der Waals surface area contributed by atoms with E-state index in [-0.39, 0.29) is 11.3 Å². The van der Waals surface area contributed by atoms with Gasteiger partial charge in [-0.15, -0.1) is 0 Å². The molecule has 0 aliphatic carbocycles. The van der Waals surface area contributed by atoms with Crippen molar-refractivity contribution in [3.05, 3.63) is 29.6 Å². The lowest BCUT2D eigenvalue weighted by atomic mass is 10.2. The van der Waals surface area contributed by atoms with Crippen LogP contribution in [-0.4, -0.2) is 12.0 Å². The van der Waals surface area contributed by atoms with E-state index in [2.05, 4.69) is 0 Å². The third-order valence-corrected chi connectivity index (χ3v) is 1.79. The molecular weight excluding hydrogens is 199 g/mol. The van der Waals surface area contributed by atoms with Gasteiger partial charge in [-0.1, -0.05) is 6.07 Å². The van der Waals surface area contributed by atoms with Crippen LogP contribution >= 0.6 is 0 Å². The van der Waals surface area contributed by atoms with Gasteiger partial charge in [-0.2, -0.15) is 5.26 Å². The lowest BCUT2D eigenvalue weighted by Gasteiger charge is -2.12. The van der Waals surface area contributed by atoms with Crippen LogP contribution in [0.1, 0.15) is 12.5 Å². The Labute approximate surface area is 86.1 Å². The predicted octanol–water partition coefficient (Wildman–Crippen LogP) is 0.950. The molecule has 0 spiro atoms. The molecule has 4 nitrogen and oxygen atoms in total. The topological polar surface area (TPSA) is 76.1 Å². The highest BCUT2D eigenvalue weighted by Crippen LogP contribution is 2.21. The number of hydrogen-bond donors (Lipinski definition) is 1. The van der Waals surface area contributed by atoms with Crippen LogP contribution in [0, 0.1) is 17.1 Å². The second kappa shape index (κ2) is 4.42. The van der Waals surface area contributed by atoms with Crippen LogP contribution in [0.15, 0.2) is 18.2 Å². The van der Waals surface area contributed by atoms with Crippen LogP contribution < -0.4 is 10.5 Å². The number of nitrogens with zero attached hydrogens (tertiary/aromatic N) is 1. The summed E-state index contributed by atoms with van der Waals surface area (Å²) in [6.07, 6.45) is -0.904. The maximum Gasteiger partial charge on any atom is 0.258 e. The molecule has 1 unspecified atom stereocenters. The van der Waals surface area contributed by atoms with Gasteiger partial charge in [0.1, 0.15) is 23.2 Å². The zero-order chi connectivity index (χ0) is 11.4. The van der Waals surface area contributed by atoms with E-state index in [1.165, 1.54) is 19.1 Å². The summed E-state index contributed by atoms with van der Waals surface area (Å²) in [6.45, 7) is 1.42. The zero-order valence-electron chi connectivity index (χ0n) is 8.03. The molecule has 0 bridgehead atoms. The molecule has 0 saturated heterocycles. The number of amides is 1. The number of benzene rings is 1. The number of ether oxygens (including phenoxy) is 1. The molecule has 1 atom stereocenters. The molecular formula is C10H9FN2O2. The molecule has 15 heavy (non-hydrogen) atoms. The van der Waals surface area contributed by atoms with Gasteiger partial charge in [0.05, 0.1) is 0 Å². The zero-order valence-corrected chi connectivity index (χ0v) is 8.03. The Balaban J connectivity index is 3.01. The first-order valence-electron chi connectivity index (χ1n) is 4.21. The van der Waals surface area contributed by atoms with Crippen LogP contribution in [0.4, 0.5) is 4.39 Å². The summed E-state index contributed by atoms with van der Waals surface area (Å²) in [5.74, 6) is -1.35. The minimum absolute atomic E-state index is 0.0174. The maximum atomic E-state index is 13.1. The summed E-state index contributed by atoms with van der Waals surface area (Å²) >= 11 is 0. The first-order valence-corrected chi connectivity index (χ1v) is 4.21. The minimum Gasteiger partial charge on any atom is -0.479 e. The molecule has 1 aromatic rings. The Morgan fingerprint density at radius 1 is 1.67 bits per heavy atom. The molecule has 0 aliphatic heterocycles. The van der Waals surface area contributed by atoms with Gasteiger partial charge >= 0.3 is 0 Å². The minimum atomic E-state index is -0.904. The average molecular weight is 208 g/mol. The molecule has 1 aromatic carbocycles. The Kier molecular flexibility index (Phi) is 3.24. The SMILES string of the molecule is CC(Oc1cccc(F)c1C#N)C(N)=O. The third-order valence-electron chi connectivity index (χ3n) is 1.79. The van der Waals surface area contributed by atoms with Gasteiger partial charge in [0.2, 0.25) is 0 Å². The van der Waals surface area contributed by atoms with E-state index in [1.54, 1.807) is 6.07 Å².